The molecule has 27 heavy (non-hydrogen) atoms. The number of halogens is 2. The van der Waals surface area contributed by atoms with Crippen LogP contribution in [0.25, 0.3) is 10.2 Å². The molecule has 0 bridgehead atoms. The summed E-state index contributed by atoms with van der Waals surface area (Å²) in [7, 11) is 2.13. The first kappa shape index (κ1) is 18.5. The lowest BCUT2D eigenvalue weighted by Crippen LogP contribution is -2.44. The fourth-order valence-corrected chi connectivity index (χ4v) is 4.44. The lowest BCUT2D eigenvalue weighted by atomic mass is 10.2. The zero-order valence-corrected chi connectivity index (χ0v) is 16.9. The maximum atomic E-state index is 12.4. The van der Waals surface area contributed by atoms with Crippen molar-refractivity contribution >= 4 is 55.9 Å². The molecule has 0 unspecified atom stereocenters. The number of carbonyl (C=O) groups is 1. The Morgan fingerprint density at radius 3 is 2.63 bits per heavy atom. The van der Waals surface area contributed by atoms with Crippen molar-refractivity contribution < 1.29 is 9.53 Å². The molecule has 5 nitrogen and oxygen atoms in total. The number of thiazole rings is 1. The Balaban J connectivity index is 1.53. The van der Waals surface area contributed by atoms with Crippen LogP contribution in [0.1, 0.15) is 10.4 Å². The zero-order chi connectivity index (χ0) is 19.0. The van der Waals surface area contributed by atoms with E-state index in [9.17, 15) is 4.79 Å². The molecule has 3 aromatic rings. The molecular weight excluding hydrogens is 405 g/mol. The normalized spacial score (nSPS) is 15.3. The third-order valence-electron chi connectivity index (χ3n) is 4.48. The molecule has 0 amide bonds. The Labute approximate surface area is 171 Å². The molecule has 0 saturated carbocycles. The van der Waals surface area contributed by atoms with Crippen molar-refractivity contribution in [2.24, 2.45) is 0 Å². The van der Waals surface area contributed by atoms with Crippen LogP contribution in [-0.4, -0.2) is 49.1 Å². The van der Waals surface area contributed by atoms with E-state index in [1.165, 1.54) is 6.07 Å². The molecule has 2 aromatic carbocycles. The molecule has 140 valence electrons. The average molecular weight is 422 g/mol. The van der Waals surface area contributed by atoms with Gasteiger partial charge in [0.2, 0.25) is 0 Å². The summed E-state index contributed by atoms with van der Waals surface area (Å²) in [4.78, 5) is 21.7. The van der Waals surface area contributed by atoms with E-state index in [2.05, 4.69) is 16.8 Å². The number of piperazine rings is 1. The highest BCUT2D eigenvalue weighted by molar-refractivity contribution is 7.22. The van der Waals surface area contributed by atoms with E-state index in [1.807, 2.05) is 12.1 Å². The molecule has 1 aliphatic rings. The number of aromatic nitrogens is 1. The van der Waals surface area contributed by atoms with Crippen LogP contribution in [-0.2, 0) is 0 Å². The van der Waals surface area contributed by atoms with E-state index in [0.717, 1.165) is 41.5 Å². The molecule has 8 heteroatoms. The molecule has 0 atom stereocenters. The molecule has 1 saturated heterocycles. The number of fused-ring (bicyclic) bond motifs is 1. The summed E-state index contributed by atoms with van der Waals surface area (Å²) < 4.78 is 6.47. The molecule has 0 N–H and O–H groups in total. The number of esters is 1. The minimum atomic E-state index is -0.514. The molecule has 1 aliphatic heterocycles. The zero-order valence-electron chi connectivity index (χ0n) is 14.6. The van der Waals surface area contributed by atoms with Crippen molar-refractivity contribution in [3.63, 3.8) is 0 Å². The largest absolute Gasteiger partial charge is 0.423 e. The SMILES string of the molecule is CN1CCN(c2nc3ccc(OC(=O)c4ccc(Cl)cc4Cl)cc3s2)CC1. The summed E-state index contributed by atoms with van der Waals surface area (Å²) in [5.41, 5.74) is 1.18. The quantitative estimate of drug-likeness (QED) is 0.457. The molecule has 0 radical (unpaired) electrons. The van der Waals surface area contributed by atoms with Gasteiger partial charge in [-0.25, -0.2) is 9.78 Å². The number of likely N-dealkylation sites (N-methyl/N-ethyl adjacent to an activating group) is 1. The van der Waals surface area contributed by atoms with Gasteiger partial charge in [0, 0.05) is 37.3 Å². The Kier molecular flexibility index (Phi) is 5.23. The van der Waals surface area contributed by atoms with Gasteiger partial charge in [-0.05, 0) is 37.4 Å². The molecule has 1 fully saturated rings. The van der Waals surface area contributed by atoms with Gasteiger partial charge in [-0.3, -0.25) is 0 Å². The van der Waals surface area contributed by atoms with Crippen molar-refractivity contribution in [2.45, 2.75) is 0 Å². The van der Waals surface area contributed by atoms with Gasteiger partial charge in [0.25, 0.3) is 0 Å². The predicted octanol–water partition coefficient (Wildman–Crippen LogP) is 4.57. The monoisotopic (exact) mass is 421 g/mol. The fraction of sp³-hybridized carbons (Fsp3) is 0.263. The van der Waals surface area contributed by atoms with Crippen molar-refractivity contribution in [2.75, 3.05) is 38.1 Å². The summed E-state index contributed by atoms with van der Waals surface area (Å²) >= 11 is 13.6. The standard InChI is InChI=1S/C19H17Cl2N3O2S/c1-23-6-8-24(9-7-23)19-22-16-5-3-13(11-17(16)27-19)26-18(25)14-4-2-12(20)10-15(14)21/h2-5,10-11H,6-9H2,1H3. The lowest BCUT2D eigenvalue weighted by molar-refractivity contribution is 0.0735. The summed E-state index contributed by atoms with van der Waals surface area (Å²) in [5, 5.41) is 1.74. The number of hydrogen-bond acceptors (Lipinski definition) is 6. The van der Waals surface area contributed by atoms with E-state index in [-0.39, 0.29) is 10.6 Å². The van der Waals surface area contributed by atoms with Crippen LogP contribution in [0.3, 0.4) is 0 Å². The Hall–Kier alpha value is -1.86. The first-order valence-electron chi connectivity index (χ1n) is 8.51. The number of nitrogens with zero attached hydrogens (tertiary/aromatic N) is 3. The topological polar surface area (TPSA) is 45.7 Å². The molecule has 2 heterocycles. The highest BCUT2D eigenvalue weighted by atomic mass is 35.5. The number of rotatable bonds is 3. The lowest BCUT2D eigenvalue weighted by Gasteiger charge is -2.31. The third kappa shape index (κ3) is 4.04. The van der Waals surface area contributed by atoms with Gasteiger partial charge in [-0.15, -0.1) is 0 Å². The van der Waals surface area contributed by atoms with Gasteiger partial charge in [0.15, 0.2) is 5.13 Å². The van der Waals surface area contributed by atoms with Gasteiger partial charge in [0.05, 0.1) is 20.8 Å². The van der Waals surface area contributed by atoms with Gasteiger partial charge in [0.1, 0.15) is 5.75 Å². The highest BCUT2D eigenvalue weighted by Crippen LogP contribution is 2.32. The van der Waals surface area contributed by atoms with E-state index >= 15 is 0 Å². The molecule has 1 aromatic heterocycles. The fourth-order valence-electron chi connectivity index (χ4n) is 2.91. The van der Waals surface area contributed by atoms with Gasteiger partial charge >= 0.3 is 5.97 Å². The number of carbonyl (C=O) groups excluding carboxylic acids is 1. The maximum absolute atomic E-state index is 12.4. The van der Waals surface area contributed by atoms with Gasteiger partial charge < -0.3 is 14.5 Å². The van der Waals surface area contributed by atoms with Crippen LogP contribution in [0.4, 0.5) is 5.13 Å². The molecule has 0 spiro atoms. The van der Waals surface area contributed by atoms with Crippen LogP contribution in [0, 0.1) is 0 Å². The molecular formula is C19H17Cl2N3O2S. The van der Waals surface area contributed by atoms with Gasteiger partial charge in [-0.2, -0.15) is 0 Å². The second kappa shape index (κ2) is 7.64. The third-order valence-corrected chi connectivity index (χ3v) is 6.11. The second-order valence-corrected chi connectivity index (χ2v) is 8.28. The average Bonchev–Trinajstić information content (AvgIpc) is 3.05. The van der Waals surface area contributed by atoms with Crippen LogP contribution < -0.4 is 9.64 Å². The molecule has 4 rings (SSSR count). The van der Waals surface area contributed by atoms with Crippen LogP contribution in [0.2, 0.25) is 10.0 Å². The van der Waals surface area contributed by atoms with E-state index in [4.69, 9.17) is 32.9 Å². The van der Waals surface area contributed by atoms with Crippen molar-refractivity contribution in [1.29, 1.82) is 0 Å². The van der Waals surface area contributed by atoms with Gasteiger partial charge in [-0.1, -0.05) is 34.5 Å². The number of hydrogen-bond donors (Lipinski definition) is 0. The number of benzene rings is 2. The summed E-state index contributed by atoms with van der Waals surface area (Å²) in [6.07, 6.45) is 0. The summed E-state index contributed by atoms with van der Waals surface area (Å²) in [5.74, 6) is -0.0492. The van der Waals surface area contributed by atoms with Crippen LogP contribution in [0.5, 0.6) is 5.75 Å². The van der Waals surface area contributed by atoms with E-state index in [0.29, 0.717) is 10.8 Å². The Bertz CT molecular complexity index is 1000. The smallest absolute Gasteiger partial charge is 0.345 e. The van der Waals surface area contributed by atoms with E-state index in [1.54, 1.807) is 29.5 Å². The number of anilines is 1. The highest BCUT2D eigenvalue weighted by Gasteiger charge is 2.18. The minimum absolute atomic E-state index is 0.267. The minimum Gasteiger partial charge on any atom is -0.423 e. The number of ether oxygens (including phenoxy) is 1. The van der Waals surface area contributed by atoms with Crippen LogP contribution >= 0.6 is 34.5 Å². The first-order chi connectivity index (χ1) is 13.0. The summed E-state index contributed by atoms with van der Waals surface area (Å²) in [6.45, 7) is 3.99. The van der Waals surface area contributed by atoms with Crippen molar-refractivity contribution in [3.8, 4) is 5.75 Å². The van der Waals surface area contributed by atoms with Crippen LogP contribution in [0.15, 0.2) is 36.4 Å². The molecule has 0 aliphatic carbocycles. The first-order valence-corrected chi connectivity index (χ1v) is 10.1. The van der Waals surface area contributed by atoms with E-state index < -0.39 is 5.97 Å². The maximum Gasteiger partial charge on any atom is 0.345 e. The summed E-state index contributed by atoms with van der Waals surface area (Å²) in [6, 6.07) is 10.2. The predicted molar refractivity (Wildman–Crippen MR) is 111 cm³/mol. The second-order valence-electron chi connectivity index (χ2n) is 6.43. The van der Waals surface area contributed by atoms with Crippen molar-refractivity contribution in [3.05, 3.63) is 52.0 Å². The van der Waals surface area contributed by atoms with Crippen molar-refractivity contribution in [1.82, 2.24) is 9.88 Å². The Morgan fingerprint density at radius 1 is 1.11 bits per heavy atom. The Morgan fingerprint density at radius 2 is 1.89 bits per heavy atom.